The molecule has 1 rings (SSSR count). The molecular weight excluding hydrogens is 198 g/mol. The van der Waals surface area contributed by atoms with E-state index in [-0.39, 0.29) is 0 Å². The molecule has 3 heteroatoms. The lowest BCUT2D eigenvalue weighted by Gasteiger charge is -2.16. The Balaban J connectivity index is 2.65. The normalized spacial score (nSPS) is 10.6. The predicted octanol–water partition coefficient (Wildman–Crippen LogP) is 2.37. The van der Waals surface area contributed by atoms with Crippen LogP contribution in [0.1, 0.15) is 5.56 Å². The van der Waals surface area contributed by atoms with Crippen LogP contribution in [0.2, 0.25) is 0 Å². The minimum atomic E-state index is 0.658. The maximum Gasteiger partial charge on any atom is 0.123 e. The molecule has 0 radical (unpaired) electrons. The molecule has 0 atom stereocenters. The van der Waals surface area contributed by atoms with Crippen LogP contribution < -0.4 is 4.74 Å². The zero-order chi connectivity index (χ0) is 10.4. The van der Waals surface area contributed by atoms with Crippen LogP contribution in [-0.4, -0.2) is 31.5 Å². The van der Waals surface area contributed by atoms with Crippen LogP contribution in [0.5, 0.6) is 5.75 Å². The SMILES string of the molecule is COc1ccccc1CN(C)CCCl. The molecule has 0 spiro atoms. The van der Waals surface area contributed by atoms with Crippen molar-refractivity contribution in [3.8, 4) is 5.75 Å². The van der Waals surface area contributed by atoms with Gasteiger partial charge in [0, 0.05) is 24.5 Å². The third kappa shape index (κ3) is 3.20. The fourth-order valence-electron chi connectivity index (χ4n) is 1.35. The summed E-state index contributed by atoms with van der Waals surface area (Å²) in [6, 6.07) is 8.05. The van der Waals surface area contributed by atoms with Crippen LogP contribution >= 0.6 is 11.6 Å². The van der Waals surface area contributed by atoms with Gasteiger partial charge in [-0.25, -0.2) is 0 Å². The topological polar surface area (TPSA) is 12.5 Å². The summed E-state index contributed by atoms with van der Waals surface area (Å²) >= 11 is 5.66. The zero-order valence-corrected chi connectivity index (χ0v) is 9.42. The van der Waals surface area contributed by atoms with Gasteiger partial charge >= 0.3 is 0 Å². The van der Waals surface area contributed by atoms with Gasteiger partial charge in [-0.15, -0.1) is 11.6 Å². The van der Waals surface area contributed by atoms with Gasteiger partial charge in [0.2, 0.25) is 0 Å². The minimum absolute atomic E-state index is 0.658. The van der Waals surface area contributed by atoms with Crippen LogP contribution in [0.3, 0.4) is 0 Å². The largest absolute Gasteiger partial charge is 0.496 e. The lowest BCUT2D eigenvalue weighted by Crippen LogP contribution is -2.20. The van der Waals surface area contributed by atoms with Crippen molar-refractivity contribution in [2.45, 2.75) is 6.54 Å². The Morgan fingerprint density at radius 2 is 2.07 bits per heavy atom. The van der Waals surface area contributed by atoms with E-state index in [0.29, 0.717) is 5.88 Å². The van der Waals surface area contributed by atoms with E-state index in [1.165, 1.54) is 5.56 Å². The van der Waals surface area contributed by atoms with Gasteiger partial charge in [-0.2, -0.15) is 0 Å². The average Bonchev–Trinajstić information content (AvgIpc) is 2.19. The first kappa shape index (κ1) is 11.3. The second-order valence-electron chi connectivity index (χ2n) is 3.24. The lowest BCUT2D eigenvalue weighted by atomic mass is 10.2. The van der Waals surface area contributed by atoms with Gasteiger partial charge in [-0.1, -0.05) is 18.2 Å². The molecule has 0 amide bonds. The molecular formula is C11H16ClNO. The summed E-state index contributed by atoms with van der Waals surface area (Å²) in [6.07, 6.45) is 0. The summed E-state index contributed by atoms with van der Waals surface area (Å²) in [5.74, 6) is 1.60. The number of para-hydroxylation sites is 1. The van der Waals surface area contributed by atoms with Crippen molar-refractivity contribution < 1.29 is 4.74 Å². The van der Waals surface area contributed by atoms with E-state index >= 15 is 0 Å². The van der Waals surface area contributed by atoms with Crippen LogP contribution in [0.25, 0.3) is 0 Å². The number of halogens is 1. The fourth-order valence-corrected chi connectivity index (χ4v) is 1.64. The number of ether oxygens (including phenoxy) is 1. The van der Waals surface area contributed by atoms with Gasteiger partial charge in [-0.05, 0) is 13.1 Å². The molecule has 0 aliphatic rings. The van der Waals surface area contributed by atoms with Gasteiger partial charge in [-0.3, -0.25) is 0 Å². The summed E-state index contributed by atoms with van der Waals surface area (Å²) in [5.41, 5.74) is 1.20. The van der Waals surface area contributed by atoms with Gasteiger partial charge < -0.3 is 9.64 Å². The first-order valence-electron chi connectivity index (χ1n) is 4.64. The van der Waals surface area contributed by atoms with Gasteiger partial charge in [0.1, 0.15) is 5.75 Å². The standard InChI is InChI=1S/C11H16ClNO/c1-13(8-7-12)9-10-5-3-4-6-11(10)14-2/h3-6H,7-9H2,1-2H3. The number of nitrogens with zero attached hydrogens (tertiary/aromatic N) is 1. The molecule has 0 fully saturated rings. The smallest absolute Gasteiger partial charge is 0.123 e. The van der Waals surface area contributed by atoms with Crippen molar-refractivity contribution in [1.29, 1.82) is 0 Å². The number of hydrogen-bond donors (Lipinski definition) is 0. The fraction of sp³-hybridized carbons (Fsp3) is 0.455. The van der Waals surface area contributed by atoms with Crippen molar-refractivity contribution in [2.75, 3.05) is 26.6 Å². The molecule has 78 valence electrons. The Labute approximate surface area is 90.4 Å². The lowest BCUT2D eigenvalue weighted by molar-refractivity contribution is 0.334. The molecule has 0 heterocycles. The number of alkyl halides is 1. The Morgan fingerprint density at radius 3 is 2.71 bits per heavy atom. The molecule has 1 aromatic rings. The van der Waals surface area contributed by atoms with Crippen molar-refractivity contribution in [3.63, 3.8) is 0 Å². The highest BCUT2D eigenvalue weighted by atomic mass is 35.5. The van der Waals surface area contributed by atoms with Crippen molar-refractivity contribution in [2.24, 2.45) is 0 Å². The van der Waals surface area contributed by atoms with Gasteiger partial charge in [0.15, 0.2) is 0 Å². The molecule has 0 bridgehead atoms. The van der Waals surface area contributed by atoms with E-state index in [0.717, 1.165) is 18.8 Å². The number of methoxy groups -OCH3 is 1. The quantitative estimate of drug-likeness (QED) is 0.697. The summed E-state index contributed by atoms with van der Waals surface area (Å²) in [4.78, 5) is 2.17. The molecule has 0 aliphatic carbocycles. The Kier molecular flexibility index (Phi) is 4.77. The number of hydrogen-bond acceptors (Lipinski definition) is 2. The zero-order valence-electron chi connectivity index (χ0n) is 8.66. The molecule has 2 nitrogen and oxygen atoms in total. The summed E-state index contributed by atoms with van der Waals surface area (Å²) in [7, 11) is 3.75. The molecule has 0 aliphatic heterocycles. The predicted molar refractivity (Wildman–Crippen MR) is 60.0 cm³/mol. The van der Waals surface area contributed by atoms with E-state index in [4.69, 9.17) is 16.3 Å². The van der Waals surface area contributed by atoms with Crippen molar-refractivity contribution in [3.05, 3.63) is 29.8 Å². The molecule has 0 saturated carbocycles. The highest BCUT2D eigenvalue weighted by Gasteiger charge is 2.04. The Bertz CT molecular complexity index is 278. The van der Waals surface area contributed by atoms with E-state index in [2.05, 4.69) is 18.0 Å². The van der Waals surface area contributed by atoms with Crippen molar-refractivity contribution >= 4 is 11.6 Å². The highest BCUT2D eigenvalue weighted by Crippen LogP contribution is 2.18. The Hall–Kier alpha value is -0.730. The van der Waals surface area contributed by atoms with Gasteiger partial charge in [0.05, 0.1) is 7.11 Å². The van der Waals surface area contributed by atoms with Crippen LogP contribution in [0, 0.1) is 0 Å². The number of benzene rings is 1. The molecule has 0 N–H and O–H groups in total. The molecule has 0 unspecified atom stereocenters. The third-order valence-corrected chi connectivity index (χ3v) is 2.27. The molecule has 14 heavy (non-hydrogen) atoms. The average molecular weight is 214 g/mol. The Morgan fingerprint density at radius 1 is 1.36 bits per heavy atom. The number of rotatable bonds is 5. The maximum absolute atomic E-state index is 5.66. The monoisotopic (exact) mass is 213 g/mol. The summed E-state index contributed by atoms with van der Waals surface area (Å²) in [5, 5.41) is 0. The molecule has 0 aromatic heterocycles. The van der Waals surface area contributed by atoms with E-state index in [1.54, 1.807) is 7.11 Å². The summed E-state index contributed by atoms with van der Waals surface area (Å²) in [6.45, 7) is 1.76. The molecule has 0 saturated heterocycles. The highest BCUT2D eigenvalue weighted by molar-refractivity contribution is 6.18. The minimum Gasteiger partial charge on any atom is -0.496 e. The molecule has 1 aromatic carbocycles. The third-order valence-electron chi connectivity index (χ3n) is 2.10. The summed E-state index contributed by atoms with van der Waals surface area (Å²) < 4.78 is 5.26. The van der Waals surface area contributed by atoms with E-state index < -0.39 is 0 Å². The maximum atomic E-state index is 5.66. The van der Waals surface area contributed by atoms with E-state index in [1.807, 2.05) is 18.2 Å². The first-order chi connectivity index (χ1) is 6.77. The second kappa shape index (κ2) is 5.89. The van der Waals surface area contributed by atoms with Crippen LogP contribution in [0.15, 0.2) is 24.3 Å². The first-order valence-corrected chi connectivity index (χ1v) is 5.17. The van der Waals surface area contributed by atoms with Gasteiger partial charge in [0.25, 0.3) is 0 Å². The second-order valence-corrected chi connectivity index (χ2v) is 3.62. The van der Waals surface area contributed by atoms with E-state index in [9.17, 15) is 0 Å². The van der Waals surface area contributed by atoms with Crippen LogP contribution in [-0.2, 0) is 6.54 Å². The van der Waals surface area contributed by atoms with Crippen molar-refractivity contribution in [1.82, 2.24) is 4.90 Å². The van der Waals surface area contributed by atoms with Crippen LogP contribution in [0.4, 0.5) is 0 Å².